The summed E-state index contributed by atoms with van der Waals surface area (Å²) in [5, 5.41) is 8.82. The second-order valence-corrected chi connectivity index (χ2v) is 4.35. The molecule has 0 fully saturated rings. The van der Waals surface area contributed by atoms with E-state index in [0.29, 0.717) is 13.1 Å². The third kappa shape index (κ3) is 4.32. The maximum absolute atomic E-state index is 11.8. The summed E-state index contributed by atoms with van der Waals surface area (Å²) in [6.45, 7) is 2.84. The number of aliphatic hydroxyl groups excluding tert-OH is 1. The van der Waals surface area contributed by atoms with Gasteiger partial charge in [0.05, 0.1) is 6.61 Å². The van der Waals surface area contributed by atoms with Crippen LogP contribution in [-0.4, -0.2) is 35.6 Å². The molecule has 1 rings (SSSR count). The van der Waals surface area contributed by atoms with Crippen LogP contribution in [0.3, 0.4) is 0 Å². The van der Waals surface area contributed by atoms with Crippen LogP contribution in [-0.2, 0) is 4.79 Å². The standard InChI is InChI=1S/C13H16BrNO2/c1-2-15(9-10-16)13(17)8-7-11-5-3-4-6-12(11)14/h3-8,16H,2,9-10H2,1H3/b8-7+. The van der Waals surface area contributed by atoms with Gasteiger partial charge in [0.25, 0.3) is 0 Å². The molecule has 0 aliphatic heterocycles. The topological polar surface area (TPSA) is 40.5 Å². The van der Waals surface area contributed by atoms with Crippen molar-refractivity contribution >= 4 is 27.9 Å². The molecule has 0 atom stereocenters. The van der Waals surface area contributed by atoms with Crippen molar-refractivity contribution in [3.63, 3.8) is 0 Å². The summed E-state index contributed by atoms with van der Waals surface area (Å²) in [4.78, 5) is 13.4. The Morgan fingerprint density at radius 3 is 2.76 bits per heavy atom. The van der Waals surface area contributed by atoms with Crippen LogP contribution in [0.2, 0.25) is 0 Å². The van der Waals surface area contributed by atoms with Gasteiger partial charge in [-0.05, 0) is 24.6 Å². The quantitative estimate of drug-likeness (QED) is 0.847. The van der Waals surface area contributed by atoms with E-state index >= 15 is 0 Å². The molecule has 4 heteroatoms. The minimum absolute atomic E-state index is 0.0115. The van der Waals surface area contributed by atoms with Crippen molar-refractivity contribution in [2.75, 3.05) is 19.7 Å². The zero-order valence-electron chi connectivity index (χ0n) is 9.77. The Bertz CT molecular complexity index is 404. The Balaban J connectivity index is 2.71. The molecule has 1 amide bonds. The maximum atomic E-state index is 11.8. The number of rotatable bonds is 5. The normalized spacial score (nSPS) is 10.8. The van der Waals surface area contributed by atoms with Crippen LogP contribution >= 0.6 is 15.9 Å². The fraction of sp³-hybridized carbons (Fsp3) is 0.308. The molecule has 0 aliphatic carbocycles. The average molecular weight is 298 g/mol. The highest BCUT2D eigenvalue weighted by Crippen LogP contribution is 2.17. The average Bonchev–Trinajstić information content (AvgIpc) is 2.34. The second-order valence-electron chi connectivity index (χ2n) is 3.50. The van der Waals surface area contributed by atoms with Crippen molar-refractivity contribution in [1.29, 1.82) is 0 Å². The fourth-order valence-electron chi connectivity index (χ4n) is 1.42. The van der Waals surface area contributed by atoms with Crippen molar-refractivity contribution in [2.45, 2.75) is 6.92 Å². The van der Waals surface area contributed by atoms with Crippen molar-refractivity contribution < 1.29 is 9.90 Å². The van der Waals surface area contributed by atoms with Gasteiger partial charge in [0.15, 0.2) is 0 Å². The predicted molar refractivity (Wildman–Crippen MR) is 72.5 cm³/mol. The molecule has 0 radical (unpaired) electrons. The number of hydrogen-bond donors (Lipinski definition) is 1. The largest absolute Gasteiger partial charge is 0.395 e. The number of aliphatic hydroxyl groups is 1. The van der Waals surface area contributed by atoms with E-state index < -0.39 is 0 Å². The molecule has 1 aromatic rings. The molecule has 0 heterocycles. The van der Waals surface area contributed by atoms with Gasteiger partial charge in [-0.2, -0.15) is 0 Å². The van der Waals surface area contributed by atoms with Gasteiger partial charge in [-0.15, -0.1) is 0 Å². The van der Waals surface area contributed by atoms with Gasteiger partial charge in [-0.25, -0.2) is 0 Å². The summed E-state index contributed by atoms with van der Waals surface area (Å²) in [6.07, 6.45) is 3.30. The molecule has 1 aromatic carbocycles. The minimum Gasteiger partial charge on any atom is -0.395 e. The first-order chi connectivity index (χ1) is 8.19. The first kappa shape index (κ1) is 13.9. The molecular formula is C13H16BrNO2. The molecule has 3 nitrogen and oxygen atoms in total. The molecular weight excluding hydrogens is 282 g/mol. The lowest BCUT2D eigenvalue weighted by Gasteiger charge is -2.17. The summed E-state index contributed by atoms with van der Waals surface area (Å²) < 4.78 is 0.953. The molecule has 0 spiro atoms. The van der Waals surface area contributed by atoms with Gasteiger partial charge in [0.1, 0.15) is 0 Å². The van der Waals surface area contributed by atoms with Gasteiger partial charge in [-0.1, -0.05) is 34.1 Å². The number of hydrogen-bond acceptors (Lipinski definition) is 2. The van der Waals surface area contributed by atoms with E-state index in [4.69, 9.17) is 5.11 Å². The lowest BCUT2D eigenvalue weighted by molar-refractivity contribution is -0.126. The number of benzene rings is 1. The smallest absolute Gasteiger partial charge is 0.246 e. The molecule has 0 aromatic heterocycles. The Morgan fingerprint density at radius 1 is 1.47 bits per heavy atom. The van der Waals surface area contributed by atoms with Crippen LogP contribution in [0.15, 0.2) is 34.8 Å². The van der Waals surface area contributed by atoms with Crippen molar-refractivity contribution in [3.8, 4) is 0 Å². The third-order valence-electron chi connectivity index (χ3n) is 2.37. The highest BCUT2D eigenvalue weighted by atomic mass is 79.9. The minimum atomic E-state index is -0.0858. The van der Waals surface area contributed by atoms with Gasteiger partial charge in [0, 0.05) is 23.6 Å². The zero-order valence-corrected chi connectivity index (χ0v) is 11.4. The van der Waals surface area contributed by atoms with Crippen LogP contribution in [0.4, 0.5) is 0 Å². The Labute approximate surface area is 110 Å². The zero-order chi connectivity index (χ0) is 12.7. The molecule has 0 saturated heterocycles. The predicted octanol–water partition coefficient (Wildman–Crippen LogP) is 2.30. The first-order valence-electron chi connectivity index (χ1n) is 5.51. The van der Waals surface area contributed by atoms with Crippen molar-refractivity contribution in [1.82, 2.24) is 4.90 Å². The van der Waals surface area contributed by atoms with Crippen molar-refractivity contribution in [3.05, 3.63) is 40.4 Å². The molecule has 92 valence electrons. The highest BCUT2D eigenvalue weighted by Gasteiger charge is 2.06. The number of carbonyl (C=O) groups is 1. The summed E-state index contributed by atoms with van der Waals surface area (Å²) >= 11 is 3.42. The van der Waals surface area contributed by atoms with E-state index in [0.717, 1.165) is 10.0 Å². The summed E-state index contributed by atoms with van der Waals surface area (Å²) in [7, 11) is 0. The molecule has 1 N–H and O–H groups in total. The number of carbonyl (C=O) groups excluding carboxylic acids is 1. The summed E-state index contributed by atoms with van der Waals surface area (Å²) in [5.41, 5.74) is 0.959. The first-order valence-corrected chi connectivity index (χ1v) is 6.30. The fourth-order valence-corrected chi connectivity index (χ4v) is 1.84. The van der Waals surface area contributed by atoms with E-state index in [9.17, 15) is 4.79 Å². The summed E-state index contributed by atoms with van der Waals surface area (Å²) in [5.74, 6) is -0.0858. The maximum Gasteiger partial charge on any atom is 0.246 e. The number of nitrogens with zero attached hydrogens (tertiary/aromatic N) is 1. The molecule has 0 unspecified atom stereocenters. The van der Waals surface area contributed by atoms with E-state index in [-0.39, 0.29) is 12.5 Å². The van der Waals surface area contributed by atoms with E-state index in [2.05, 4.69) is 15.9 Å². The van der Waals surface area contributed by atoms with E-state index in [1.54, 1.807) is 11.0 Å². The Hall–Kier alpha value is -1.13. The highest BCUT2D eigenvalue weighted by molar-refractivity contribution is 9.10. The molecule has 17 heavy (non-hydrogen) atoms. The third-order valence-corrected chi connectivity index (χ3v) is 3.10. The second kappa shape index (κ2) is 7.25. The number of halogens is 1. The van der Waals surface area contributed by atoms with Crippen LogP contribution in [0, 0.1) is 0 Å². The lowest BCUT2D eigenvalue weighted by atomic mass is 10.2. The number of amides is 1. The monoisotopic (exact) mass is 297 g/mol. The van der Waals surface area contributed by atoms with Crippen LogP contribution < -0.4 is 0 Å². The van der Waals surface area contributed by atoms with Gasteiger partial charge >= 0.3 is 0 Å². The van der Waals surface area contributed by atoms with Crippen LogP contribution in [0.25, 0.3) is 6.08 Å². The molecule has 0 bridgehead atoms. The van der Waals surface area contributed by atoms with Crippen LogP contribution in [0.1, 0.15) is 12.5 Å². The Kier molecular flexibility index (Phi) is 5.94. The van der Waals surface area contributed by atoms with Gasteiger partial charge in [0.2, 0.25) is 5.91 Å². The number of likely N-dealkylation sites (N-methyl/N-ethyl adjacent to an activating group) is 1. The Morgan fingerprint density at radius 2 is 2.18 bits per heavy atom. The molecule has 0 saturated carbocycles. The van der Waals surface area contributed by atoms with Crippen molar-refractivity contribution in [2.24, 2.45) is 0 Å². The van der Waals surface area contributed by atoms with Gasteiger partial charge in [-0.3, -0.25) is 4.79 Å². The summed E-state index contributed by atoms with van der Waals surface area (Å²) in [6, 6.07) is 7.69. The van der Waals surface area contributed by atoms with Crippen LogP contribution in [0.5, 0.6) is 0 Å². The lowest BCUT2D eigenvalue weighted by Crippen LogP contribution is -2.31. The van der Waals surface area contributed by atoms with Gasteiger partial charge < -0.3 is 10.0 Å². The SMILES string of the molecule is CCN(CCO)C(=O)/C=C/c1ccccc1Br. The van der Waals surface area contributed by atoms with E-state index in [1.807, 2.05) is 31.2 Å². The van der Waals surface area contributed by atoms with E-state index in [1.165, 1.54) is 6.08 Å². The molecule has 0 aliphatic rings.